The number of hydrogen-bond acceptors (Lipinski definition) is 5. The fourth-order valence-corrected chi connectivity index (χ4v) is 3.49. The Kier molecular flexibility index (Phi) is 6.21. The molecule has 0 bridgehead atoms. The van der Waals surface area contributed by atoms with Crippen LogP contribution < -0.4 is 11.1 Å². The monoisotopic (exact) mass is 414 g/mol. The Morgan fingerprint density at radius 3 is 2.48 bits per heavy atom. The van der Waals surface area contributed by atoms with Crippen molar-refractivity contribution in [1.82, 2.24) is 20.0 Å². The summed E-state index contributed by atoms with van der Waals surface area (Å²) in [4.78, 5) is 22.4. The van der Waals surface area contributed by atoms with Crippen LogP contribution in [0.25, 0.3) is 22.2 Å². The first-order valence-corrected chi connectivity index (χ1v) is 10.6. The van der Waals surface area contributed by atoms with E-state index < -0.39 is 0 Å². The zero-order valence-electron chi connectivity index (χ0n) is 17.6. The number of anilines is 1. The van der Waals surface area contributed by atoms with Crippen LogP contribution in [0.2, 0.25) is 0 Å². The van der Waals surface area contributed by atoms with Gasteiger partial charge in [-0.25, -0.2) is 9.97 Å². The standard InChI is InChI=1S/C24H26N6O/c1-2-3-4-10-15-26-24(31)20-21-23(29-19-14-9-8-13-18(19)28-21)30(22(20)25)27-16-17-11-6-5-7-12-17/h5-9,11-14,16H,2-4,10,15,25H2,1H3,(H,26,31)/b27-16+. The number of nitrogens with zero attached hydrogens (tertiary/aromatic N) is 4. The first kappa shape index (κ1) is 20.5. The highest BCUT2D eigenvalue weighted by Crippen LogP contribution is 2.27. The number of nitrogens with one attached hydrogen (secondary N) is 1. The van der Waals surface area contributed by atoms with Crippen LogP contribution in [0.3, 0.4) is 0 Å². The van der Waals surface area contributed by atoms with E-state index in [1.165, 1.54) is 4.68 Å². The van der Waals surface area contributed by atoms with Gasteiger partial charge in [-0.3, -0.25) is 4.79 Å². The van der Waals surface area contributed by atoms with Crippen molar-refractivity contribution in [3.05, 3.63) is 65.7 Å². The quantitative estimate of drug-likeness (QED) is 0.331. The maximum Gasteiger partial charge on any atom is 0.257 e. The molecule has 0 fully saturated rings. The van der Waals surface area contributed by atoms with E-state index in [0.717, 1.165) is 36.8 Å². The fraction of sp³-hybridized carbons (Fsp3) is 0.250. The number of fused-ring (bicyclic) bond motifs is 2. The lowest BCUT2D eigenvalue weighted by Crippen LogP contribution is -2.25. The molecule has 0 spiro atoms. The Hall–Kier alpha value is -3.74. The number of amides is 1. The maximum absolute atomic E-state index is 13.0. The molecule has 31 heavy (non-hydrogen) atoms. The van der Waals surface area contributed by atoms with E-state index in [-0.39, 0.29) is 11.7 Å². The third-order valence-electron chi connectivity index (χ3n) is 5.14. The van der Waals surface area contributed by atoms with E-state index in [2.05, 4.69) is 17.3 Å². The van der Waals surface area contributed by atoms with Crippen LogP contribution in [0, 0.1) is 0 Å². The SMILES string of the molecule is CCCCCCNC(=O)c1c(N)n(/N=C/c2ccccc2)c2nc3ccccc3nc12. The summed E-state index contributed by atoms with van der Waals surface area (Å²) in [6.07, 6.45) is 6.01. The molecule has 4 aromatic rings. The molecule has 0 aliphatic carbocycles. The third kappa shape index (κ3) is 4.40. The molecule has 0 aliphatic rings. The molecule has 2 aromatic carbocycles. The van der Waals surface area contributed by atoms with Gasteiger partial charge in [0, 0.05) is 6.54 Å². The number of hydrogen-bond donors (Lipinski definition) is 2. The lowest BCUT2D eigenvalue weighted by atomic mass is 10.2. The van der Waals surface area contributed by atoms with Crippen molar-refractivity contribution in [2.75, 3.05) is 12.3 Å². The Bertz CT molecular complexity index is 1230. The summed E-state index contributed by atoms with van der Waals surface area (Å²) in [5, 5.41) is 7.49. The molecule has 0 unspecified atom stereocenters. The Morgan fingerprint density at radius 2 is 1.74 bits per heavy atom. The van der Waals surface area contributed by atoms with Crippen molar-refractivity contribution < 1.29 is 4.79 Å². The first-order chi connectivity index (χ1) is 15.2. The normalized spacial score (nSPS) is 11.5. The number of para-hydroxylation sites is 2. The molecule has 1 amide bonds. The number of carbonyl (C=O) groups is 1. The van der Waals surface area contributed by atoms with Gasteiger partial charge in [-0.15, -0.1) is 0 Å². The zero-order valence-corrected chi connectivity index (χ0v) is 17.6. The van der Waals surface area contributed by atoms with Crippen molar-refractivity contribution >= 4 is 40.1 Å². The van der Waals surface area contributed by atoms with Crippen LogP contribution >= 0.6 is 0 Å². The molecule has 2 aromatic heterocycles. The maximum atomic E-state index is 13.0. The van der Waals surface area contributed by atoms with Gasteiger partial charge in [-0.05, 0) is 24.1 Å². The minimum Gasteiger partial charge on any atom is -0.383 e. The number of aromatic nitrogens is 3. The van der Waals surface area contributed by atoms with E-state index >= 15 is 0 Å². The molecule has 7 nitrogen and oxygen atoms in total. The molecule has 3 N–H and O–H groups in total. The van der Waals surface area contributed by atoms with Crippen molar-refractivity contribution in [3.63, 3.8) is 0 Å². The van der Waals surface area contributed by atoms with Gasteiger partial charge in [0.2, 0.25) is 0 Å². The number of nitrogen functional groups attached to an aromatic ring is 1. The predicted molar refractivity (Wildman–Crippen MR) is 125 cm³/mol. The largest absolute Gasteiger partial charge is 0.383 e. The summed E-state index contributed by atoms with van der Waals surface area (Å²) in [6, 6.07) is 17.2. The Labute approximate surface area is 181 Å². The molecule has 4 rings (SSSR count). The van der Waals surface area contributed by atoms with Crippen LogP contribution in [-0.4, -0.2) is 33.3 Å². The Morgan fingerprint density at radius 1 is 1.03 bits per heavy atom. The smallest absolute Gasteiger partial charge is 0.257 e. The summed E-state index contributed by atoms with van der Waals surface area (Å²) >= 11 is 0. The van der Waals surface area contributed by atoms with Gasteiger partial charge in [-0.2, -0.15) is 9.78 Å². The van der Waals surface area contributed by atoms with Gasteiger partial charge < -0.3 is 11.1 Å². The molecule has 158 valence electrons. The van der Waals surface area contributed by atoms with Crippen LogP contribution in [0.1, 0.15) is 48.5 Å². The van der Waals surface area contributed by atoms with E-state index in [1.54, 1.807) is 6.21 Å². The Balaban J connectivity index is 1.75. The highest BCUT2D eigenvalue weighted by Gasteiger charge is 2.23. The molecule has 0 saturated heterocycles. The van der Waals surface area contributed by atoms with Gasteiger partial charge in [0.25, 0.3) is 5.91 Å². The number of rotatable bonds is 8. The summed E-state index contributed by atoms with van der Waals surface area (Å²) in [7, 11) is 0. The molecule has 0 atom stereocenters. The predicted octanol–water partition coefficient (Wildman–Crippen LogP) is 4.36. The molecule has 2 heterocycles. The number of benzene rings is 2. The van der Waals surface area contributed by atoms with Crippen molar-refractivity contribution in [2.24, 2.45) is 5.10 Å². The highest BCUT2D eigenvalue weighted by atomic mass is 16.1. The van der Waals surface area contributed by atoms with Gasteiger partial charge in [0.1, 0.15) is 16.9 Å². The minimum absolute atomic E-state index is 0.226. The molecular weight excluding hydrogens is 388 g/mol. The summed E-state index contributed by atoms with van der Waals surface area (Å²) in [5.41, 5.74) is 9.97. The zero-order chi connectivity index (χ0) is 21.6. The number of carbonyl (C=O) groups excluding carboxylic acids is 1. The van der Waals surface area contributed by atoms with Crippen LogP contribution in [0.15, 0.2) is 59.7 Å². The van der Waals surface area contributed by atoms with Crippen LogP contribution in [-0.2, 0) is 0 Å². The molecular formula is C24H26N6O. The fourth-order valence-electron chi connectivity index (χ4n) is 3.49. The summed E-state index contributed by atoms with van der Waals surface area (Å²) in [6.45, 7) is 2.76. The minimum atomic E-state index is -0.253. The molecule has 0 saturated carbocycles. The molecule has 0 aliphatic heterocycles. The van der Waals surface area contributed by atoms with E-state index in [0.29, 0.717) is 28.8 Å². The average Bonchev–Trinajstić information content (AvgIpc) is 3.06. The second-order valence-electron chi connectivity index (χ2n) is 7.43. The van der Waals surface area contributed by atoms with Gasteiger partial charge in [0.15, 0.2) is 5.65 Å². The lowest BCUT2D eigenvalue weighted by molar-refractivity contribution is 0.0955. The average molecular weight is 415 g/mol. The third-order valence-corrected chi connectivity index (χ3v) is 5.14. The van der Waals surface area contributed by atoms with Crippen LogP contribution in [0.5, 0.6) is 0 Å². The van der Waals surface area contributed by atoms with E-state index in [9.17, 15) is 4.79 Å². The lowest BCUT2D eigenvalue weighted by Gasteiger charge is -2.05. The topological polar surface area (TPSA) is 98.2 Å². The van der Waals surface area contributed by atoms with Crippen molar-refractivity contribution in [3.8, 4) is 0 Å². The van der Waals surface area contributed by atoms with Gasteiger partial charge >= 0.3 is 0 Å². The van der Waals surface area contributed by atoms with E-state index in [1.807, 2.05) is 54.6 Å². The summed E-state index contributed by atoms with van der Waals surface area (Å²) in [5.74, 6) is -0.0270. The first-order valence-electron chi connectivity index (χ1n) is 10.6. The summed E-state index contributed by atoms with van der Waals surface area (Å²) < 4.78 is 1.49. The molecule has 7 heteroatoms. The highest BCUT2D eigenvalue weighted by molar-refractivity contribution is 6.10. The second kappa shape index (κ2) is 9.38. The van der Waals surface area contributed by atoms with Gasteiger partial charge in [-0.1, -0.05) is 68.7 Å². The number of nitrogens with two attached hydrogens (primary N) is 1. The molecule has 0 radical (unpaired) electrons. The second-order valence-corrected chi connectivity index (χ2v) is 7.43. The van der Waals surface area contributed by atoms with Gasteiger partial charge in [0.05, 0.1) is 17.2 Å². The number of unbranched alkanes of at least 4 members (excludes halogenated alkanes) is 3. The van der Waals surface area contributed by atoms with E-state index in [4.69, 9.17) is 15.7 Å². The van der Waals surface area contributed by atoms with Crippen molar-refractivity contribution in [1.29, 1.82) is 0 Å². The van der Waals surface area contributed by atoms with Crippen LogP contribution in [0.4, 0.5) is 5.82 Å². The van der Waals surface area contributed by atoms with Crippen molar-refractivity contribution in [2.45, 2.75) is 32.6 Å².